The SMILES string of the molecule is O=C(NCCCn1ccnc1)c1ccc2cc(-c3cc[nH]n3)[nH]c2c1. The van der Waals surface area contributed by atoms with Crippen molar-refractivity contribution in [2.45, 2.75) is 13.0 Å². The zero-order valence-electron chi connectivity index (χ0n) is 13.6. The number of hydrogen-bond acceptors (Lipinski definition) is 3. The topological polar surface area (TPSA) is 91.4 Å². The van der Waals surface area contributed by atoms with E-state index in [0.717, 1.165) is 35.3 Å². The molecule has 1 amide bonds. The molecule has 3 heterocycles. The van der Waals surface area contributed by atoms with E-state index in [1.807, 2.05) is 41.1 Å². The van der Waals surface area contributed by atoms with Crippen LogP contribution in [0.5, 0.6) is 0 Å². The number of rotatable bonds is 6. The van der Waals surface area contributed by atoms with Gasteiger partial charge in [0, 0.05) is 48.1 Å². The minimum Gasteiger partial charge on any atom is -0.353 e. The molecule has 3 aromatic heterocycles. The lowest BCUT2D eigenvalue weighted by Gasteiger charge is -2.06. The van der Waals surface area contributed by atoms with Crippen molar-refractivity contribution in [2.24, 2.45) is 0 Å². The molecule has 0 radical (unpaired) electrons. The van der Waals surface area contributed by atoms with Gasteiger partial charge in [-0.15, -0.1) is 0 Å². The second-order valence-electron chi connectivity index (χ2n) is 5.85. The summed E-state index contributed by atoms with van der Waals surface area (Å²) in [5.74, 6) is -0.0662. The number of nitrogens with one attached hydrogen (secondary N) is 3. The molecule has 0 fully saturated rings. The second-order valence-corrected chi connectivity index (χ2v) is 5.85. The van der Waals surface area contributed by atoms with Crippen molar-refractivity contribution in [1.82, 2.24) is 30.0 Å². The summed E-state index contributed by atoms with van der Waals surface area (Å²) in [6.07, 6.45) is 8.08. The highest BCUT2D eigenvalue weighted by molar-refractivity contribution is 5.98. The van der Waals surface area contributed by atoms with Gasteiger partial charge >= 0.3 is 0 Å². The molecule has 0 spiro atoms. The van der Waals surface area contributed by atoms with Crippen LogP contribution in [0.25, 0.3) is 22.3 Å². The number of imidazole rings is 1. The summed E-state index contributed by atoms with van der Waals surface area (Å²) in [7, 11) is 0. The molecule has 3 N–H and O–H groups in total. The highest BCUT2D eigenvalue weighted by atomic mass is 16.1. The third-order valence-electron chi connectivity index (χ3n) is 4.10. The molecule has 0 bridgehead atoms. The minimum absolute atomic E-state index is 0.0662. The molecule has 4 aromatic rings. The minimum atomic E-state index is -0.0662. The van der Waals surface area contributed by atoms with Crippen LogP contribution in [0.2, 0.25) is 0 Å². The first kappa shape index (κ1) is 15.2. The first-order valence-electron chi connectivity index (χ1n) is 8.16. The van der Waals surface area contributed by atoms with E-state index in [1.54, 1.807) is 18.7 Å². The Morgan fingerprint density at radius 1 is 1.24 bits per heavy atom. The molecule has 0 aliphatic carbocycles. The van der Waals surface area contributed by atoms with Crippen molar-refractivity contribution < 1.29 is 4.79 Å². The first-order valence-corrected chi connectivity index (χ1v) is 8.16. The summed E-state index contributed by atoms with van der Waals surface area (Å²) in [4.78, 5) is 19.6. The summed E-state index contributed by atoms with van der Waals surface area (Å²) < 4.78 is 1.99. The Morgan fingerprint density at radius 3 is 3.00 bits per heavy atom. The number of aromatic nitrogens is 5. The van der Waals surface area contributed by atoms with Crippen LogP contribution in [0.1, 0.15) is 16.8 Å². The predicted molar refractivity (Wildman–Crippen MR) is 95.1 cm³/mol. The van der Waals surface area contributed by atoms with Crippen LogP contribution in [0.3, 0.4) is 0 Å². The average molecular weight is 334 g/mol. The van der Waals surface area contributed by atoms with E-state index in [2.05, 4.69) is 25.5 Å². The largest absolute Gasteiger partial charge is 0.353 e. The van der Waals surface area contributed by atoms with E-state index in [-0.39, 0.29) is 5.91 Å². The van der Waals surface area contributed by atoms with Crippen molar-refractivity contribution in [3.05, 3.63) is 60.8 Å². The first-order chi connectivity index (χ1) is 12.3. The van der Waals surface area contributed by atoms with Crippen molar-refractivity contribution in [3.63, 3.8) is 0 Å². The Hall–Kier alpha value is -3.35. The maximum Gasteiger partial charge on any atom is 0.251 e. The average Bonchev–Trinajstić information content (AvgIpc) is 3.38. The van der Waals surface area contributed by atoms with Gasteiger partial charge in [0.15, 0.2) is 0 Å². The highest BCUT2D eigenvalue weighted by Gasteiger charge is 2.09. The molecule has 0 unspecified atom stereocenters. The fourth-order valence-corrected chi connectivity index (χ4v) is 2.80. The van der Waals surface area contributed by atoms with Gasteiger partial charge in [0.25, 0.3) is 5.91 Å². The molecule has 7 heteroatoms. The van der Waals surface area contributed by atoms with Gasteiger partial charge in [-0.25, -0.2) is 4.98 Å². The molecule has 126 valence electrons. The number of aryl methyl sites for hydroxylation is 1. The van der Waals surface area contributed by atoms with E-state index in [0.29, 0.717) is 12.1 Å². The van der Waals surface area contributed by atoms with Gasteiger partial charge in [-0.3, -0.25) is 9.89 Å². The van der Waals surface area contributed by atoms with E-state index in [1.165, 1.54) is 0 Å². The van der Waals surface area contributed by atoms with Gasteiger partial charge in [-0.1, -0.05) is 6.07 Å². The maximum absolute atomic E-state index is 12.3. The summed E-state index contributed by atoms with van der Waals surface area (Å²) >= 11 is 0. The van der Waals surface area contributed by atoms with E-state index >= 15 is 0 Å². The number of nitrogens with zero attached hydrogens (tertiary/aromatic N) is 3. The number of fused-ring (bicyclic) bond motifs is 1. The van der Waals surface area contributed by atoms with E-state index in [9.17, 15) is 4.79 Å². The van der Waals surface area contributed by atoms with Crippen LogP contribution in [0, 0.1) is 0 Å². The molecule has 0 saturated heterocycles. The molecule has 0 saturated carbocycles. The van der Waals surface area contributed by atoms with Crippen LogP contribution < -0.4 is 5.32 Å². The molecule has 0 aliphatic heterocycles. The van der Waals surface area contributed by atoms with E-state index < -0.39 is 0 Å². The van der Waals surface area contributed by atoms with Crippen molar-refractivity contribution in [2.75, 3.05) is 6.54 Å². The fraction of sp³-hybridized carbons (Fsp3) is 0.167. The van der Waals surface area contributed by atoms with Crippen LogP contribution in [0.15, 0.2) is 55.2 Å². The number of carbonyl (C=O) groups is 1. The lowest BCUT2D eigenvalue weighted by Crippen LogP contribution is -2.25. The van der Waals surface area contributed by atoms with Gasteiger partial charge in [-0.05, 0) is 30.7 Å². The van der Waals surface area contributed by atoms with Crippen LogP contribution in [-0.2, 0) is 6.54 Å². The predicted octanol–water partition coefficient (Wildman–Crippen LogP) is 2.57. The molecule has 4 rings (SSSR count). The maximum atomic E-state index is 12.3. The van der Waals surface area contributed by atoms with Crippen LogP contribution in [0.4, 0.5) is 0 Å². The summed E-state index contributed by atoms with van der Waals surface area (Å²) in [6, 6.07) is 9.59. The molecule has 0 aliphatic rings. The van der Waals surface area contributed by atoms with Gasteiger partial charge < -0.3 is 14.9 Å². The smallest absolute Gasteiger partial charge is 0.251 e. The van der Waals surface area contributed by atoms with Crippen molar-refractivity contribution >= 4 is 16.8 Å². The lowest BCUT2D eigenvalue weighted by atomic mass is 10.1. The molecule has 7 nitrogen and oxygen atoms in total. The van der Waals surface area contributed by atoms with Gasteiger partial charge in [0.2, 0.25) is 0 Å². The number of benzene rings is 1. The highest BCUT2D eigenvalue weighted by Crippen LogP contribution is 2.23. The molecular formula is C18H18N6O. The van der Waals surface area contributed by atoms with E-state index in [4.69, 9.17) is 0 Å². The normalized spacial score (nSPS) is 11.0. The number of aromatic amines is 2. The third-order valence-corrected chi connectivity index (χ3v) is 4.10. The summed E-state index contributed by atoms with van der Waals surface area (Å²) in [5.41, 5.74) is 3.34. The monoisotopic (exact) mass is 334 g/mol. The molecule has 1 aromatic carbocycles. The van der Waals surface area contributed by atoms with Gasteiger partial charge in [0.05, 0.1) is 12.0 Å². The van der Waals surface area contributed by atoms with Crippen molar-refractivity contribution in [3.8, 4) is 11.4 Å². The van der Waals surface area contributed by atoms with Crippen LogP contribution >= 0.6 is 0 Å². The fourth-order valence-electron chi connectivity index (χ4n) is 2.80. The van der Waals surface area contributed by atoms with Gasteiger partial charge in [-0.2, -0.15) is 5.10 Å². The van der Waals surface area contributed by atoms with Gasteiger partial charge in [0.1, 0.15) is 5.69 Å². The number of H-pyrrole nitrogens is 2. The lowest BCUT2D eigenvalue weighted by molar-refractivity contribution is 0.0953. The Labute approximate surface area is 144 Å². The van der Waals surface area contributed by atoms with Crippen molar-refractivity contribution in [1.29, 1.82) is 0 Å². The molecule has 25 heavy (non-hydrogen) atoms. The zero-order chi connectivity index (χ0) is 17.1. The number of amides is 1. The quantitative estimate of drug-likeness (QED) is 0.473. The molecular weight excluding hydrogens is 316 g/mol. The number of carbonyl (C=O) groups excluding carboxylic acids is 1. The Balaban J connectivity index is 1.41. The van der Waals surface area contributed by atoms with Crippen LogP contribution in [-0.4, -0.2) is 37.2 Å². The Morgan fingerprint density at radius 2 is 2.20 bits per heavy atom. The molecule has 0 atom stereocenters. The second kappa shape index (κ2) is 6.64. The summed E-state index contributed by atoms with van der Waals surface area (Å²) in [6.45, 7) is 1.46. The Kier molecular flexibility index (Phi) is 4.04. The third kappa shape index (κ3) is 3.30. The summed E-state index contributed by atoms with van der Waals surface area (Å²) in [5, 5.41) is 11.0. The zero-order valence-corrected chi connectivity index (χ0v) is 13.6. The Bertz CT molecular complexity index is 969. The standard InChI is InChI=1S/C18H18N6O/c25-18(20-5-1-8-24-9-7-19-12-24)14-3-2-13-10-17(22-16(13)11-14)15-4-6-21-23-15/h2-4,6-7,9-12,22H,1,5,8H2,(H,20,25)(H,21,23). The number of hydrogen-bond donors (Lipinski definition) is 3.